The number of thioether (sulfide) groups is 1. The molecule has 35 heavy (non-hydrogen) atoms. The molecule has 0 unspecified atom stereocenters. The molecule has 0 bridgehead atoms. The van der Waals surface area contributed by atoms with E-state index < -0.39 is 0 Å². The zero-order valence-electron chi connectivity index (χ0n) is 20.5. The lowest BCUT2D eigenvalue weighted by atomic mass is 10.1. The maximum absolute atomic E-state index is 12.9. The number of carbonyl (C=O) groups excluding carboxylic acids is 1. The zero-order valence-corrected chi connectivity index (χ0v) is 21.3. The van der Waals surface area contributed by atoms with E-state index >= 15 is 0 Å². The Morgan fingerprint density at radius 1 is 0.943 bits per heavy atom. The quantitative estimate of drug-likeness (QED) is 0.158. The van der Waals surface area contributed by atoms with Crippen LogP contribution in [-0.4, -0.2) is 45.9 Å². The minimum atomic E-state index is 0.0878. The molecule has 4 aromatic rings. The van der Waals surface area contributed by atoms with E-state index in [1.807, 2.05) is 36.4 Å². The van der Waals surface area contributed by atoms with Gasteiger partial charge >= 0.3 is 0 Å². The predicted octanol–water partition coefficient (Wildman–Crippen LogP) is 5.66. The second kappa shape index (κ2) is 12.0. The minimum absolute atomic E-state index is 0.0878. The van der Waals surface area contributed by atoms with Crippen molar-refractivity contribution >= 4 is 34.0 Å². The third-order valence-electron chi connectivity index (χ3n) is 6.21. The first-order valence-electron chi connectivity index (χ1n) is 12.3. The number of fused-ring (bicyclic) bond motifs is 1. The summed E-state index contributed by atoms with van der Waals surface area (Å²) in [7, 11) is 0. The van der Waals surface area contributed by atoms with Crippen LogP contribution in [-0.2, 0) is 6.54 Å². The summed E-state index contributed by atoms with van der Waals surface area (Å²) in [6.07, 6.45) is 1.86. The smallest absolute Gasteiger partial charge is 0.191 e. The van der Waals surface area contributed by atoms with Gasteiger partial charge in [0.1, 0.15) is 0 Å². The third kappa shape index (κ3) is 5.92. The molecular formula is C28H33N5OS. The number of ketones is 1. The van der Waals surface area contributed by atoms with Crippen molar-refractivity contribution in [3.05, 3.63) is 72.3 Å². The van der Waals surface area contributed by atoms with Gasteiger partial charge in [-0.05, 0) is 74.3 Å². The molecule has 7 heteroatoms. The van der Waals surface area contributed by atoms with Crippen molar-refractivity contribution in [2.24, 2.45) is 5.73 Å². The topological polar surface area (TPSA) is 77.0 Å². The number of Topliss-reactive ketones (excluding diaryl/α,β-unsaturated/α-hetero) is 1. The Morgan fingerprint density at radius 3 is 2.40 bits per heavy atom. The molecule has 0 aliphatic carbocycles. The van der Waals surface area contributed by atoms with Crippen LogP contribution in [0, 0.1) is 0 Å². The van der Waals surface area contributed by atoms with Gasteiger partial charge in [-0.3, -0.25) is 4.79 Å². The van der Waals surface area contributed by atoms with Gasteiger partial charge in [0.25, 0.3) is 0 Å². The fourth-order valence-corrected chi connectivity index (χ4v) is 5.07. The van der Waals surface area contributed by atoms with Crippen molar-refractivity contribution in [1.82, 2.24) is 14.8 Å². The molecule has 0 saturated heterocycles. The standard InChI is InChI=1S/C28H33N5OS/c1-3-32(4-2)25-15-13-22(14-16-25)26(34)20-35-28-31-30-27(33(28)18-8-7-17-29)24-12-11-21-9-5-6-10-23(21)19-24/h5-6,9-16,19H,3-4,7-8,17-18,20,29H2,1-2H3. The number of hydrogen-bond donors (Lipinski definition) is 1. The highest BCUT2D eigenvalue weighted by Crippen LogP contribution is 2.28. The van der Waals surface area contributed by atoms with Gasteiger partial charge in [0, 0.05) is 36.4 Å². The molecule has 3 aromatic carbocycles. The van der Waals surface area contributed by atoms with E-state index in [9.17, 15) is 4.79 Å². The van der Waals surface area contributed by atoms with E-state index in [-0.39, 0.29) is 5.78 Å². The summed E-state index contributed by atoms with van der Waals surface area (Å²) in [6, 6.07) is 22.5. The Kier molecular flexibility index (Phi) is 8.55. The van der Waals surface area contributed by atoms with Crippen LogP contribution in [0.25, 0.3) is 22.2 Å². The van der Waals surface area contributed by atoms with Crippen LogP contribution < -0.4 is 10.6 Å². The molecule has 0 radical (unpaired) electrons. The summed E-state index contributed by atoms with van der Waals surface area (Å²) >= 11 is 1.44. The maximum atomic E-state index is 12.9. The molecule has 0 fully saturated rings. The van der Waals surface area contributed by atoms with Crippen molar-refractivity contribution in [1.29, 1.82) is 0 Å². The van der Waals surface area contributed by atoms with Crippen LogP contribution in [0.5, 0.6) is 0 Å². The number of nitrogens with two attached hydrogens (primary N) is 1. The first-order valence-corrected chi connectivity index (χ1v) is 13.3. The van der Waals surface area contributed by atoms with Gasteiger partial charge in [-0.1, -0.05) is 48.2 Å². The maximum Gasteiger partial charge on any atom is 0.191 e. The summed E-state index contributed by atoms with van der Waals surface area (Å²) in [5.41, 5.74) is 8.61. The molecule has 0 spiro atoms. The SMILES string of the molecule is CCN(CC)c1ccc(C(=O)CSc2nnc(-c3ccc4ccccc4c3)n2CCCCN)cc1. The van der Waals surface area contributed by atoms with Gasteiger partial charge in [-0.25, -0.2) is 0 Å². The van der Waals surface area contributed by atoms with Gasteiger partial charge in [-0.15, -0.1) is 10.2 Å². The van der Waals surface area contributed by atoms with Crippen LogP contribution in [0.1, 0.15) is 37.0 Å². The Balaban J connectivity index is 1.52. The van der Waals surface area contributed by atoms with Crippen molar-refractivity contribution < 1.29 is 4.79 Å². The van der Waals surface area contributed by atoms with E-state index in [0.717, 1.165) is 60.3 Å². The molecule has 0 saturated carbocycles. The molecule has 0 aliphatic rings. The molecule has 6 nitrogen and oxygen atoms in total. The molecular weight excluding hydrogens is 454 g/mol. The molecule has 0 amide bonds. The number of rotatable bonds is 12. The molecule has 182 valence electrons. The van der Waals surface area contributed by atoms with Gasteiger partial charge in [0.05, 0.1) is 5.75 Å². The Hall–Kier alpha value is -3.16. The van der Waals surface area contributed by atoms with Gasteiger partial charge in [0.2, 0.25) is 0 Å². The van der Waals surface area contributed by atoms with E-state index in [0.29, 0.717) is 12.3 Å². The van der Waals surface area contributed by atoms with E-state index in [4.69, 9.17) is 5.73 Å². The Morgan fingerprint density at radius 2 is 1.69 bits per heavy atom. The number of benzene rings is 3. The highest BCUT2D eigenvalue weighted by atomic mass is 32.2. The van der Waals surface area contributed by atoms with Gasteiger partial charge in [0.15, 0.2) is 16.8 Å². The third-order valence-corrected chi connectivity index (χ3v) is 7.18. The fourth-order valence-electron chi connectivity index (χ4n) is 4.21. The Bertz CT molecular complexity index is 1260. The van der Waals surface area contributed by atoms with E-state index in [1.165, 1.54) is 22.5 Å². The van der Waals surface area contributed by atoms with Crippen LogP contribution in [0.15, 0.2) is 71.9 Å². The first kappa shape index (κ1) is 24.9. The number of carbonyl (C=O) groups is 1. The number of anilines is 1. The lowest BCUT2D eigenvalue weighted by Gasteiger charge is -2.21. The van der Waals surface area contributed by atoms with Crippen molar-refractivity contribution in [3.8, 4) is 11.4 Å². The van der Waals surface area contributed by atoms with Crippen molar-refractivity contribution in [2.45, 2.75) is 38.4 Å². The first-order chi connectivity index (χ1) is 17.1. The highest BCUT2D eigenvalue weighted by Gasteiger charge is 2.17. The fraction of sp³-hybridized carbons (Fsp3) is 0.321. The number of hydrogen-bond acceptors (Lipinski definition) is 6. The summed E-state index contributed by atoms with van der Waals surface area (Å²) in [5.74, 6) is 1.23. The molecule has 1 aromatic heterocycles. The van der Waals surface area contributed by atoms with Crippen LogP contribution in [0.3, 0.4) is 0 Å². The van der Waals surface area contributed by atoms with E-state index in [1.54, 1.807) is 0 Å². The second-order valence-corrected chi connectivity index (χ2v) is 9.39. The van der Waals surface area contributed by atoms with Gasteiger partial charge < -0.3 is 15.2 Å². The lowest BCUT2D eigenvalue weighted by molar-refractivity contribution is 0.102. The summed E-state index contributed by atoms with van der Waals surface area (Å²) in [5, 5.41) is 12.1. The summed E-state index contributed by atoms with van der Waals surface area (Å²) in [4.78, 5) is 15.2. The molecule has 0 atom stereocenters. The predicted molar refractivity (Wildman–Crippen MR) is 146 cm³/mol. The van der Waals surface area contributed by atoms with Crippen molar-refractivity contribution in [2.75, 3.05) is 30.3 Å². The average molecular weight is 488 g/mol. The number of aromatic nitrogens is 3. The molecule has 2 N–H and O–H groups in total. The Labute approximate surface area is 211 Å². The minimum Gasteiger partial charge on any atom is -0.372 e. The number of unbranched alkanes of at least 4 members (excludes halogenated alkanes) is 1. The van der Waals surface area contributed by atoms with E-state index in [2.05, 4.69) is 63.8 Å². The van der Waals surface area contributed by atoms with Crippen LogP contribution in [0.2, 0.25) is 0 Å². The van der Waals surface area contributed by atoms with Crippen LogP contribution in [0.4, 0.5) is 5.69 Å². The van der Waals surface area contributed by atoms with Crippen molar-refractivity contribution in [3.63, 3.8) is 0 Å². The summed E-state index contributed by atoms with van der Waals surface area (Å²) < 4.78 is 2.13. The second-order valence-electron chi connectivity index (χ2n) is 8.45. The molecule has 0 aliphatic heterocycles. The molecule has 4 rings (SSSR count). The summed E-state index contributed by atoms with van der Waals surface area (Å²) in [6.45, 7) is 7.57. The zero-order chi connectivity index (χ0) is 24.6. The van der Waals surface area contributed by atoms with Gasteiger partial charge in [-0.2, -0.15) is 0 Å². The molecule has 1 heterocycles. The lowest BCUT2D eigenvalue weighted by Crippen LogP contribution is -2.21. The average Bonchev–Trinajstić information content (AvgIpc) is 3.31. The number of nitrogens with zero attached hydrogens (tertiary/aromatic N) is 4. The monoisotopic (exact) mass is 487 g/mol. The highest BCUT2D eigenvalue weighted by molar-refractivity contribution is 7.99. The van der Waals surface area contributed by atoms with Crippen LogP contribution >= 0.6 is 11.8 Å². The largest absolute Gasteiger partial charge is 0.372 e. The normalized spacial score (nSPS) is 11.2.